The van der Waals surface area contributed by atoms with E-state index in [1.165, 1.54) is 39.0 Å². The molecule has 0 radical (unpaired) electrons. The van der Waals surface area contributed by atoms with Crippen molar-refractivity contribution in [1.29, 1.82) is 0 Å². The Morgan fingerprint density at radius 2 is 1.59 bits per heavy atom. The molecule has 0 aliphatic carbocycles. The third kappa shape index (κ3) is 5.40. The number of aryl methyl sites for hydroxylation is 1. The summed E-state index contributed by atoms with van der Waals surface area (Å²) in [5.41, 5.74) is 1.59. The summed E-state index contributed by atoms with van der Waals surface area (Å²) in [6.07, 6.45) is 0.636. The molecule has 7 heteroatoms. The van der Waals surface area contributed by atoms with Crippen molar-refractivity contribution in [1.82, 2.24) is 0 Å². The average Bonchev–Trinajstić information content (AvgIpc) is 2.76. The molecule has 0 heterocycles. The zero-order valence-electron chi connectivity index (χ0n) is 17.4. The lowest BCUT2D eigenvalue weighted by molar-refractivity contribution is -0.122. The van der Waals surface area contributed by atoms with Crippen LogP contribution in [-0.2, 0) is 16.0 Å². The molecule has 156 valence electrons. The molecule has 1 N–H and O–H groups in total. The first-order chi connectivity index (χ1) is 14.0. The number of hydrogen-bond donors (Lipinski definition) is 1. The van der Waals surface area contributed by atoms with Crippen LogP contribution in [0.5, 0.6) is 17.2 Å². The van der Waals surface area contributed by atoms with Gasteiger partial charge in [-0.1, -0.05) is 26.0 Å². The summed E-state index contributed by atoms with van der Waals surface area (Å²) in [7, 11) is 4.20. The molecule has 1 amide bonds. The minimum atomic E-state index is -0.735. The smallest absolute Gasteiger partial charge is 0.340 e. The van der Waals surface area contributed by atoms with E-state index in [4.69, 9.17) is 18.9 Å². The minimum absolute atomic E-state index is 0.153. The number of rotatable bonds is 9. The van der Waals surface area contributed by atoms with Crippen LogP contribution in [-0.4, -0.2) is 39.3 Å². The fourth-order valence-corrected chi connectivity index (χ4v) is 2.76. The highest BCUT2D eigenvalue weighted by molar-refractivity contribution is 6.03. The first-order valence-corrected chi connectivity index (χ1v) is 9.38. The van der Waals surface area contributed by atoms with E-state index in [-0.39, 0.29) is 17.2 Å². The molecule has 7 nitrogen and oxygen atoms in total. The van der Waals surface area contributed by atoms with E-state index in [0.29, 0.717) is 23.7 Å². The molecule has 0 fully saturated rings. The Bertz CT molecular complexity index is 847. The monoisotopic (exact) mass is 401 g/mol. The average molecular weight is 401 g/mol. The number of ether oxygens (including phenoxy) is 4. The van der Waals surface area contributed by atoms with Crippen LogP contribution in [0.1, 0.15) is 36.2 Å². The molecule has 0 spiro atoms. The van der Waals surface area contributed by atoms with Gasteiger partial charge in [0.05, 0.1) is 32.6 Å². The number of hydrogen-bond acceptors (Lipinski definition) is 6. The lowest BCUT2D eigenvalue weighted by atomic mass is 10.1. The molecule has 2 aromatic rings. The van der Waals surface area contributed by atoms with Gasteiger partial charge in [0.25, 0.3) is 5.91 Å². The van der Waals surface area contributed by atoms with Crippen LogP contribution in [0.3, 0.4) is 0 Å². The molecule has 2 aromatic carbocycles. The molecule has 0 aromatic heterocycles. The molecular formula is C22H27NO6. The first kappa shape index (κ1) is 22.1. The number of anilines is 1. The Hall–Kier alpha value is -3.22. The molecule has 29 heavy (non-hydrogen) atoms. The number of benzene rings is 2. The van der Waals surface area contributed by atoms with Gasteiger partial charge in [0.15, 0.2) is 17.6 Å². The second-order valence-electron chi connectivity index (χ2n) is 6.25. The van der Waals surface area contributed by atoms with Crippen molar-refractivity contribution < 1.29 is 28.5 Å². The first-order valence-electron chi connectivity index (χ1n) is 9.38. The molecular weight excluding hydrogens is 374 g/mol. The standard InChI is InChI=1S/C22H27NO6/c1-6-14-8-10-15(11-9-14)29-18(7-2)21(24)23-17-13-20(27-4)19(26-3)12-16(17)22(25)28-5/h8-13,18H,6-7H2,1-5H3,(H,23,24). The zero-order chi connectivity index (χ0) is 21.4. The van der Waals surface area contributed by atoms with Gasteiger partial charge in [-0.25, -0.2) is 4.79 Å². The van der Waals surface area contributed by atoms with Gasteiger partial charge in [0, 0.05) is 12.1 Å². The molecule has 0 saturated heterocycles. The van der Waals surface area contributed by atoms with Gasteiger partial charge in [0.1, 0.15) is 5.75 Å². The highest BCUT2D eigenvalue weighted by Gasteiger charge is 2.23. The van der Waals surface area contributed by atoms with Crippen molar-refractivity contribution in [3.05, 3.63) is 47.5 Å². The maximum atomic E-state index is 12.8. The van der Waals surface area contributed by atoms with Crippen molar-refractivity contribution >= 4 is 17.6 Å². The summed E-state index contributed by atoms with van der Waals surface area (Å²) < 4.78 is 21.2. The maximum absolute atomic E-state index is 12.8. The van der Waals surface area contributed by atoms with E-state index in [2.05, 4.69) is 12.2 Å². The normalized spacial score (nSPS) is 11.3. The summed E-state index contributed by atoms with van der Waals surface area (Å²) in [6.45, 7) is 3.92. The summed E-state index contributed by atoms with van der Waals surface area (Å²) in [5.74, 6) is 0.337. The molecule has 0 bridgehead atoms. The third-order valence-electron chi connectivity index (χ3n) is 4.46. The lowest BCUT2D eigenvalue weighted by Crippen LogP contribution is -2.33. The number of carbonyl (C=O) groups is 2. The lowest BCUT2D eigenvalue weighted by Gasteiger charge is -2.19. The number of amides is 1. The van der Waals surface area contributed by atoms with Gasteiger partial charge in [0.2, 0.25) is 0 Å². The van der Waals surface area contributed by atoms with Gasteiger partial charge in [-0.3, -0.25) is 4.79 Å². The third-order valence-corrected chi connectivity index (χ3v) is 4.46. The Balaban J connectivity index is 2.27. The zero-order valence-corrected chi connectivity index (χ0v) is 17.4. The largest absolute Gasteiger partial charge is 0.493 e. The summed E-state index contributed by atoms with van der Waals surface area (Å²) in [5, 5.41) is 2.75. The van der Waals surface area contributed by atoms with Crippen LogP contribution in [0.15, 0.2) is 36.4 Å². The highest BCUT2D eigenvalue weighted by atomic mass is 16.5. The second-order valence-corrected chi connectivity index (χ2v) is 6.25. The van der Waals surface area contributed by atoms with Gasteiger partial charge >= 0.3 is 5.97 Å². The summed E-state index contributed by atoms with van der Waals surface area (Å²) in [4.78, 5) is 25.0. The van der Waals surface area contributed by atoms with E-state index >= 15 is 0 Å². The van der Waals surface area contributed by atoms with Gasteiger partial charge in [-0.05, 0) is 30.5 Å². The molecule has 2 rings (SSSR count). The molecule has 0 saturated carbocycles. The molecule has 1 unspecified atom stereocenters. The molecule has 0 aliphatic rings. The van der Waals surface area contributed by atoms with E-state index in [1.54, 1.807) is 0 Å². The summed E-state index contributed by atoms with van der Waals surface area (Å²) >= 11 is 0. The SMILES string of the molecule is CCc1ccc(OC(CC)C(=O)Nc2cc(OC)c(OC)cc2C(=O)OC)cc1. The van der Waals surface area contributed by atoms with Crippen LogP contribution < -0.4 is 19.5 Å². The Labute approximate surface area is 170 Å². The molecule has 1 atom stereocenters. The topological polar surface area (TPSA) is 83.1 Å². The second kappa shape index (κ2) is 10.4. The Morgan fingerprint density at radius 1 is 0.966 bits per heavy atom. The quantitative estimate of drug-likeness (QED) is 0.643. The van der Waals surface area contributed by atoms with Crippen LogP contribution in [0, 0.1) is 0 Å². The van der Waals surface area contributed by atoms with Crippen LogP contribution >= 0.6 is 0 Å². The van der Waals surface area contributed by atoms with Gasteiger partial charge in [-0.2, -0.15) is 0 Å². The van der Waals surface area contributed by atoms with E-state index in [1.807, 2.05) is 31.2 Å². The predicted octanol–water partition coefficient (Wildman–Crippen LogP) is 3.85. The maximum Gasteiger partial charge on any atom is 0.340 e. The molecule has 0 aliphatic heterocycles. The predicted molar refractivity (Wildman–Crippen MR) is 110 cm³/mol. The number of methoxy groups -OCH3 is 3. The minimum Gasteiger partial charge on any atom is -0.493 e. The Kier molecular flexibility index (Phi) is 7.88. The van der Waals surface area contributed by atoms with Crippen molar-refractivity contribution in [3.8, 4) is 17.2 Å². The van der Waals surface area contributed by atoms with Crippen LogP contribution in [0.2, 0.25) is 0 Å². The van der Waals surface area contributed by atoms with Crippen LogP contribution in [0.25, 0.3) is 0 Å². The van der Waals surface area contributed by atoms with Crippen molar-refractivity contribution in [3.63, 3.8) is 0 Å². The van der Waals surface area contributed by atoms with Gasteiger partial charge < -0.3 is 24.3 Å². The van der Waals surface area contributed by atoms with E-state index in [9.17, 15) is 9.59 Å². The Morgan fingerprint density at radius 3 is 2.10 bits per heavy atom. The van der Waals surface area contributed by atoms with Crippen molar-refractivity contribution in [2.24, 2.45) is 0 Å². The fraction of sp³-hybridized carbons (Fsp3) is 0.364. The highest BCUT2D eigenvalue weighted by Crippen LogP contribution is 2.34. The number of esters is 1. The van der Waals surface area contributed by atoms with Crippen LogP contribution in [0.4, 0.5) is 5.69 Å². The van der Waals surface area contributed by atoms with Crippen molar-refractivity contribution in [2.45, 2.75) is 32.8 Å². The fourth-order valence-electron chi connectivity index (χ4n) is 2.76. The van der Waals surface area contributed by atoms with E-state index in [0.717, 1.165) is 6.42 Å². The van der Waals surface area contributed by atoms with E-state index < -0.39 is 12.1 Å². The summed E-state index contributed by atoms with van der Waals surface area (Å²) in [6, 6.07) is 10.6. The number of carbonyl (C=O) groups excluding carboxylic acids is 2. The van der Waals surface area contributed by atoms with Crippen molar-refractivity contribution in [2.75, 3.05) is 26.6 Å². The number of nitrogens with one attached hydrogen (secondary N) is 1. The van der Waals surface area contributed by atoms with Gasteiger partial charge in [-0.15, -0.1) is 0 Å².